The lowest BCUT2D eigenvalue weighted by molar-refractivity contribution is -0.126. The zero-order valence-electron chi connectivity index (χ0n) is 15.6. The van der Waals surface area contributed by atoms with Crippen LogP contribution in [-0.2, 0) is 10.2 Å². The summed E-state index contributed by atoms with van der Waals surface area (Å²) < 4.78 is 0. The zero-order valence-corrected chi connectivity index (χ0v) is 15.6. The molecule has 1 saturated heterocycles. The van der Waals surface area contributed by atoms with Crippen molar-refractivity contribution in [2.45, 2.75) is 52.0 Å². The Bertz CT molecular complexity index is 533. The van der Waals surface area contributed by atoms with Crippen LogP contribution in [0, 0.1) is 5.92 Å². The van der Waals surface area contributed by atoms with Gasteiger partial charge in [-0.1, -0.05) is 45.0 Å². The van der Waals surface area contributed by atoms with Crippen LogP contribution in [0.1, 0.15) is 57.7 Å². The summed E-state index contributed by atoms with van der Waals surface area (Å²) in [7, 11) is 0. The Morgan fingerprint density at radius 2 is 2.00 bits per heavy atom. The molecule has 0 bridgehead atoms. The Morgan fingerprint density at radius 3 is 2.58 bits per heavy atom. The zero-order chi connectivity index (χ0) is 17.7. The fourth-order valence-corrected chi connectivity index (χ4v) is 3.38. The van der Waals surface area contributed by atoms with Crippen molar-refractivity contribution in [3.63, 3.8) is 0 Å². The number of hydrogen-bond donors (Lipinski definition) is 2. The molecule has 2 rings (SSSR count). The van der Waals surface area contributed by atoms with Gasteiger partial charge in [-0.3, -0.25) is 9.69 Å². The predicted octanol–water partition coefficient (Wildman–Crippen LogP) is 2.83. The quantitative estimate of drug-likeness (QED) is 0.872. The summed E-state index contributed by atoms with van der Waals surface area (Å²) in [5, 5.41) is 2.93. The SMILES string of the molecule is CC(c1ccc(C(C)(C)C)cc1)N1CCCC(C(=O)NCCN)C1. The van der Waals surface area contributed by atoms with Gasteiger partial charge >= 0.3 is 0 Å². The number of nitrogens with two attached hydrogens (primary N) is 1. The molecular weight excluding hydrogens is 298 g/mol. The van der Waals surface area contributed by atoms with Crippen LogP contribution in [0.25, 0.3) is 0 Å². The number of carbonyl (C=O) groups excluding carboxylic acids is 1. The van der Waals surface area contributed by atoms with Gasteiger partial charge < -0.3 is 11.1 Å². The molecule has 0 aliphatic carbocycles. The number of carbonyl (C=O) groups is 1. The molecule has 24 heavy (non-hydrogen) atoms. The normalized spacial score (nSPS) is 20.6. The second-order valence-corrected chi connectivity index (χ2v) is 7.96. The van der Waals surface area contributed by atoms with Gasteiger partial charge in [0.15, 0.2) is 0 Å². The minimum Gasteiger partial charge on any atom is -0.355 e. The molecule has 0 saturated carbocycles. The molecule has 4 nitrogen and oxygen atoms in total. The average molecular weight is 332 g/mol. The summed E-state index contributed by atoms with van der Waals surface area (Å²) in [4.78, 5) is 14.7. The summed E-state index contributed by atoms with van der Waals surface area (Å²) in [6, 6.07) is 9.29. The molecule has 1 amide bonds. The fourth-order valence-electron chi connectivity index (χ4n) is 3.38. The molecule has 2 atom stereocenters. The number of hydrogen-bond acceptors (Lipinski definition) is 3. The van der Waals surface area contributed by atoms with Gasteiger partial charge in [0, 0.05) is 25.7 Å². The highest BCUT2D eigenvalue weighted by atomic mass is 16.1. The minimum absolute atomic E-state index is 0.0848. The molecule has 2 unspecified atom stereocenters. The Labute approximate surface area is 146 Å². The first-order valence-corrected chi connectivity index (χ1v) is 9.15. The van der Waals surface area contributed by atoms with E-state index in [2.05, 4.69) is 62.2 Å². The van der Waals surface area contributed by atoms with E-state index in [-0.39, 0.29) is 17.2 Å². The van der Waals surface area contributed by atoms with Gasteiger partial charge in [-0.25, -0.2) is 0 Å². The van der Waals surface area contributed by atoms with Gasteiger partial charge in [-0.05, 0) is 42.9 Å². The topological polar surface area (TPSA) is 58.4 Å². The van der Waals surface area contributed by atoms with Gasteiger partial charge in [-0.2, -0.15) is 0 Å². The van der Waals surface area contributed by atoms with Crippen LogP contribution in [0.4, 0.5) is 0 Å². The van der Waals surface area contributed by atoms with Crippen molar-refractivity contribution in [1.82, 2.24) is 10.2 Å². The van der Waals surface area contributed by atoms with Crippen molar-refractivity contribution in [2.75, 3.05) is 26.2 Å². The van der Waals surface area contributed by atoms with Gasteiger partial charge in [0.1, 0.15) is 0 Å². The van der Waals surface area contributed by atoms with Crippen LogP contribution in [-0.4, -0.2) is 37.0 Å². The number of amides is 1. The highest BCUT2D eigenvalue weighted by Crippen LogP contribution is 2.29. The summed E-state index contributed by atoms with van der Waals surface area (Å²) in [5.74, 6) is 0.238. The number of benzene rings is 1. The van der Waals surface area contributed by atoms with Crippen molar-refractivity contribution in [1.29, 1.82) is 0 Å². The first kappa shape index (κ1) is 18.9. The third kappa shape index (κ3) is 4.81. The number of rotatable bonds is 5. The maximum absolute atomic E-state index is 12.2. The van der Waals surface area contributed by atoms with Crippen LogP contribution in [0.3, 0.4) is 0 Å². The molecule has 0 aromatic heterocycles. The first-order valence-electron chi connectivity index (χ1n) is 9.15. The number of likely N-dealkylation sites (tertiary alicyclic amines) is 1. The summed E-state index contributed by atoms with van der Waals surface area (Å²) in [5.41, 5.74) is 8.34. The molecule has 0 radical (unpaired) electrons. The van der Waals surface area contributed by atoms with Crippen molar-refractivity contribution in [2.24, 2.45) is 11.7 Å². The van der Waals surface area contributed by atoms with Gasteiger partial charge in [0.05, 0.1) is 5.92 Å². The molecular formula is C20H33N3O. The van der Waals surface area contributed by atoms with E-state index in [0.29, 0.717) is 19.1 Å². The summed E-state index contributed by atoms with van der Waals surface area (Å²) >= 11 is 0. The summed E-state index contributed by atoms with van der Waals surface area (Å²) in [6.45, 7) is 11.9. The van der Waals surface area contributed by atoms with E-state index in [1.807, 2.05) is 0 Å². The third-order valence-electron chi connectivity index (χ3n) is 5.07. The Hall–Kier alpha value is -1.39. The number of nitrogens with one attached hydrogen (secondary N) is 1. The molecule has 1 aromatic rings. The second-order valence-electron chi connectivity index (χ2n) is 7.96. The van der Waals surface area contributed by atoms with E-state index >= 15 is 0 Å². The average Bonchev–Trinajstić information content (AvgIpc) is 2.58. The Kier molecular flexibility index (Phi) is 6.41. The van der Waals surface area contributed by atoms with E-state index in [1.54, 1.807) is 0 Å². The molecule has 1 aromatic carbocycles. The lowest BCUT2D eigenvalue weighted by atomic mass is 9.86. The molecule has 1 heterocycles. The fraction of sp³-hybridized carbons (Fsp3) is 0.650. The van der Waals surface area contributed by atoms with Crippen molar-refractivity contribution >= 4 is 5.91 Å². The molecule has 0 spiro atoms. The monoisotopic (exact) mass is 331 g/mol. The van der Waals surface area contributed by atoms with Crippen LogP contribution in [0.15, 0.2) is 24.3 Å². The van der Waals surface area contributed by atoms with E-state index in [0.717, 1.165) is 25.9 Å². The van der Waals surface area contributed by atoms with Gasteiger partial charge in [0.2, 0.25) is 5.91 Å². The molecule has 1 aliphatic heterocycles. The molecule has 3 N–H and O–H groups in total. The van der Waals surface area contributed by atoms with Crippen LogP contribution < -0.4 is 11.1 Å². The lowest BCUT2D eigenvalue weighted by Gasteiger charge is -2.36. The highest BCUT2D eigenvalue weighted by molar-refractivity contribution is 5.78. The van der Waals surface area contributed by atoms with Gasteiger partial charge in [0.25, 0.3) is 0 Å². The summed E-state index contributed by atoms with van der Waals surface area (Å²) in [6.07, 6.45) is 2.05. The van der Waals surface area contributed by atoms with Crippen molar-refractivity contribution < 1.29 is 4.79 Å². The van der Waals surface area contributed by atoms with E-state index in [1.165, 1.54) is 11.1 Å². The van der Waals surface area contributed by atoms with E-state index in [4.69, 9.17) is 5.73 Å². The van der Waals surface area contributed by atoms with Gasteiger partial charge in [-0.15, -0.1) is 0 Å². The van der Waals surface area contributed by atoms with E-state index < -0.39 is 0 Å². The number of nitrogens with zero attached hydrogens (tertiary/aromatic N) is 1. The standard InChI is InChI=1S/C20H33N3O/c1-15(16-7-9-18(10-8-16)20(2,3)4)23-13-5-6-17(14-23)19(24)22-12-11-21/h7-10,15,17H,5-6,11-14,21H2,1-4H3,(H,22,24). The van der Waals surface area contributed by atoms with Crippen LogP contribution >= 0.6 is 0 Å². The Morgan fingerprint density at radius 1 is 1.33 bits per heavy atom. The maximum atomic E-state index is 12.2. The van der Waals surface area contributed by atoms with Crippen LogP contribution in [0.5, 0.6) is 0 Å². The van der Waals surface area contributed by atoms with Crippen molar-refractivity contribution in [3.8, 4) is 0 Å². The highest BCUT2D eigenvalue weighted by Gasteiger charge is 2.28. The molecule has 1 fully saturated rings. The number of piperidine rings is 1. The Balaban J connectivity index is 2.01. The molecule has 1 aliphatic rings. The predicted molar refractivity (Wildman–Crippen MR) is 99.9 cm³/mol. The third-order valence-corrected chi connectivity index (χ3v) is 5.07. The lowest BCUT2D eigenvalue weighted by Crippen LogP contribution is -2.44. The maximum Gasteiger partial charge on any atom is 0.224 e. The van der Waals surface area contributed by atoms with Crippen LogP contribution in [0.2, 0.25) is 0 Å². The molecule has 4 heteroatoms. The largest absolute Gasteiger partial charge is 0.355 e. The van der Waals surface area contributed by atoms with E-state index in [9.17, 15) is 4.79 Å². The smallest absolute Gasteiger partial charge is 0.224 e. The first-order chi connectivity index (χ1) is 11.3. The molecule has 134 valence electrons. The van der Waals surface area contributed by atoms with Crippen molar-refractivity contribution in [3.05, 3.63) is 35.4 Å². The minimum atomic E-state index is 0.0848. The second kappa shape index (κ2) is 8.13.